The topological polar surface area (TPSA) is 54.2 Å². The Labute approximate surface area is 60.8 Å². The van der Waals surface area contributed by atoms with Crippen molar-refractivity contribution in [3.05, 3.63) is 0 Å². The highest BCUT2D eigenvalue weighted by atomic mass is 17.2. The first kappa shape index (κ1) is 9.36. The average Bonchev–Trinajstić information content (AvgIpc) is 1.97. The zero-order valence-electron chi connectivity index (χ0n) is 6.29. The van der Waals surface area contributed by atoms with Crippen LogP contribution < -0.4 is 0 Å². The van der Waals surface area contributed by atoms with Gasteiger partial charge < -0.3 is 0 Å². The molecule has 0 aliphatic carbocycles. The van der Waals surface area contributed by atoms with Crippen molar-refractivity contribution in [3.63, 3.8) is 0 Å². The third-order valence-electron chi connectivity index (χ3n) is 1.21. The lowest BCUT2D eigenvalue weighted by atomic mass is 10.2. The molecule has 0 spiro atoms. The van der Waals surface area contributed by atoms with Gasteiger partial charge in [0.2, 0.25) is 0 Å². The summed E-state index contributed by atoms with van der Waals surface area (Å²) in [6.07, 6.45) is 4.63. The van der Waals surface area contributed by atoms with Gasteiger partial charge in [-0.05, 0) is 6.42 Å². The van der Waals surface area contributed by atoms with Gasteiger partial charge in [-0.25, -0.2) is 4.99 Å². The second-order valence-electron chi connectivity index (χ2n) is 2.09. The van der Waals surface area contributed by atoms with Crippen LogP contribution in [0.1, 0.15) is 32.6 Å². The Morgan fingerprint density at radius 2 is 2.10 bits per heavy atom. The molecule has 0 fully saturated rings. The van der Waals surface area contributed by atoms with E-state index in [9.17, 15) is 0 Å². The number of rotatable bonds is 6. The molecule has 0 aliphatic rings. The second kappa shape index (κ2) is 8.36. The zero-order valence-corrected chi connectivity index (χ0v) is 6.29. The van der Waals surface area contributed by atoms with E-state index in [4.69, 9.17) is 5.26 Å². The Kier molecular flexibility index (Phi) is 7.82. The lowest BCUT2D eigenvalue weighted by Gasteiger charge is -1.91. The molecule has 0 amide bonds. The Morgan fingerprint density at radius 1 is 1.30 bits per heavy atom. The summed E-state index contributed by atoms with van der Waals surface area (Å²) >= 11 is 0. The Balaban J connectivity index is 2.83. The monoisotopic (exact) mass is 146 g/mol. The van der Waals surface area contributed by atoms with Crippen LogP contribution in [0, 0.1) is 0 Å². The summed E-state index contributed by atoms with van der Waals surface area (Å²) in [6, 6.07) is 0. The van der Waals surface area contributed by atoms with E-state index in [1.54, 1.807) is 0 Å². The maximum Gasteiger partial charge on any atom is 0.0636 e. The summed E-state index contributed by atoms with van der Waals surface area (Å²) in [6.45, 7) is 2.79. The molecule has 0 atom stereocenters. The van der Waals surface area contributed by atoms with Gasteiger partial charge in [0.15, 0.2) is 0 Å². The molecule has 0 radical (unpaired) electrons. The van der Waals surface area contributed by atoms with Gasteiger partial charge in [-0.1, -0.05) is 26.2 Å². The predicted molar refractivity (Wildman–Crippen MR) is 37.6 cm³/mol. The van der Waals surface area contributed by atoms with E-state index in [0.717, 1.165) is 6.42 Å². The van der Waals surface area contributed by atoms with Crippen LogP contribution in [-0.4, -0.2) is 11.8 Å². The molecule has 4 heteroatoms. The van der Waals surface area contributed by atoms with Gasteiger partial charge in [-0.15, -0.1) is 0 Å². The molecule has 0 saturated carbocycles. The maximum atomic E-state index is 7.71. The lowest BCUT2D eigenvalue weighted by molar-refractivity contribution is -0.251. The third kappa shape index (κ3) is 7.36. The molecule has 0 bridgehead atoms. The SMILES string of the molecule is CCCCCCN=NOO. The summed E-state index contributed by atoms with van der Waals surface area (Å²) in [4.78, 5) is 3.41. The van der Waals surface area contributed by atoms with Crippen molar-refractivity contribution in [1.82, 2.24) is 0 Å². The van der Waals surface area contributed by atoms with Gasteiger partial charge in [0, 0.05) is 0 Å². The smallest absolute Gasteiger partial charge is 0.0636 e. The largest absolute Gasteiger partial charge is 0.203 e. The normalized spacial score (nSPS) is 10.6. The number of hydrogen-bond donors (Lipinski definition) is 1. The van der Waals surface area contributed by atoms with Crippen LogP contribution in [0.2, 0.25) is 0 Å². The van der Waals surface area contributed by atoms with Crippen molar-refractivity contribution in [3.8, 4) is 0 Å². The molecule has 0 aromatic heterocycles. The minimum atomic E-state index is 0.639. The Morgan fingerprint density at radius 3 is 2.70 bits per heavy atom. The first-order chi connectivity index (χ1) is 4.91. The minimum absolute atomic E-state index is 0.639. The van der Waals surface area contributed by atoms with E-state index in [1.165, 1.54) is 19.3 Å². The van der Waals surface area contributed by atoms with Crippen LogP contribution >= 0.6 is 0 Å². The molecule has 10 heavy (non-hydrogen) atoms. The Bertz CT molecular complexity index is 85.8. The predicted octanol–water partition coefficient (Wildman–Crippen LogP) is 2.42. The fourth-order valence-corrected chi connectivity index (χ4v) is 0.676. The van der Waals surface area contributed by atoms with Crippen molar-refractivity contribution in [2.75, 3.05) is 6.54 Å². The maximum absolute atomic E-state index is 7.71. The van der Waals surface area contributed by atoms with Crippen LogP contribution in [-0.2, 0) is 4.99 Å². The molecule has 0 unspecified atom stereocenters. The molecule has 0 saturated heterocycles. The van der Waals surface area contributed by atoms with Crippen LogP contribution in [0.3, 0.4) is 0 Å². The molecule has 0 aliphatic heterocycles. The van der Waals surface area contributed by atoms with Crippen molar-refractivity contribution < 1.29 is 10.2 Å². The van der Waals surface area contributed by atoms with Crippen LogP contribution in [0.4, 0.5) is 0 Å². The number of nitrogens with zero attached hydrogens (tertiary/aromatic N) is 2. The van der Waals surface area contributed by atoms with E-state index < -0.39 is 0 Å². The number of unbranched alkanes of at least 4 members (excludes halogenated alkanes) is 3. The van der Waals surface area contributed by atoms with E-state index >= 15 is 0 Å². The number of hydrogen-bond acceptors (Lipinski definition) is 4. The quantitative estimate of drug-likeness (QED) is 0.271. The van der Waals surface area contributed by atoms with Crippen LogP contribution in [0.25, 0.3) is 0 Å². The summed E-state index contributed by atoms with van der Waals surface area (Å²) in [7, 11) is 0. The van der Waals surface area contributed by atoms with E-state index in [2.05, 4.69) is 22.3 Å². The standard InChI is InChI=1S/C6H14N2O2/c1-2-3-4-5-6-7-8-10-9/h9H,2-6H2,1H3. The molecular formula is C6H14N2O2. The first-order valence-electron chi connectivity index (χ1n) is 3.59. The fraction of sp³-hybridized carbons (Fsp3) is 1.00. The molecule has 0 aromatic rings. The van der Waals surface area contributed by atoms with Crippen molar-refractivity contribution in [2.45, 2.75) is 32.6 Å². The molecule has 60 valence electrons. The van der Waals surface area contributed by atoms with Gasteiger partial charge >= 0.3 is 0 Å². The third-order valence-corrected chi connectivity index (χ3v) is 1.21. The lowest BCUT2D eigenvalue weighted by Crippen LogP contribution is -1.80. The van der Waals surface area contributed by atoms with E-state index in [0.29, 0.717) is 6.54 Å². The molecule has 0 rings (SSSR count). The van der Waals surface area contributed by atoms with Gasteiger partial charge in [0.1, 0.15) is 0 Å². The summed E-state index contributed by atoms with van der Waals surface area (Å²) in [5.74, 6) is 0. The minimum Gasteiger partial charge on any atom is -0.203 e. The molecule has 0 aromatic carbocycles. The Hall–Kier alpha value is -0.640. The zero-order chi connectivity index (χ0) is 7.66. The first-order valence-corrected chi connectivity index (χ1v) is 3.59. The molecular weight excluding hydrogens is 132 g/mol. The summed E-state index contributed by atoms with van der Waals surface area (Å²) in [5.41, 5.74) is 0. The summed E-state index contributed by atoms with van der Waals surface area (Å²) < 4.78 is 0. The molecule has 1 N–H and O–H groups in total. The van der Waals surface area contributed by atoms with Gasteiger partial charge in [-0.2, -0.15) is 10.4 Å². The van der Waals surface area contributed by atoms with Gasteiger partial charge in [0.25, 0.3) is 0 Å². The van der Waals surface area contributed by atoms with Gasteiger partial charge in [-0.3, -0.25) is 0 Å². The fourth-order valence-electron chi connectivity index (χ4n) is 0.676. The molecule has 4 nitrogen and oxygen atoms in total. The second-order valence-corrected chi connectivity index (χ2v) is 2.09. The van der Waals surface area contributed by atoms with Crippen molar-refractivity contribution in [2.24, 2.45) is 10.4 Å². The van der Waals surface area contributed by atoms with Gasteiger partial charge in [0.05, 0.1) is 11.8 Å². The summed E-state index contributed by atoms with van der Waals surface area (Å²) in [5, 5.41) is 14.2. The average molecular weight is 146 g/mol. The highest BCUT2D eigenvalue weighted by Crippen LogP contribution is 1.98. The highest BCUT2D eigenvalue weighted by Gasteiger charge is 1.84. The van der Waals surface area contributed by atoms with Crippen LogP contribution in [0.5, 0.6) is 0 Å². The van der Waals surface area contributed by atoms with E-state index in [1.807, 2.05) is 0 Å². The van der Waals surface area contributed by atoms with Crippen molar-refractivity contribution in [1.29, 1.82) is 0 Å². The van der Waals surface area contributed by atoms with Crippen molar-refractivity contribution >= 4 is 0 Å². The van der Waals surface area contributed by atoms with Crippen LogP contribution in [0.15, 0.2) is 10.4 Å². The van der Waals surface area contributed by atoms with E-state index in [-0.39, 0.29) is 0 Å². The molecule has 0 heterocycles. The highest BCUT2D eigenvalue weighted by molar-refractivity contribution is 4.41.